The first-order valence-corrected chi connectivity index (χ1v) is 7.13. The maximum atomic E-state index is 13.8. The van der Waals surface area contributed by atoms with Gasteiger partial charge in [-0.3, -0.25) is 14.3 Å². The highest BCUT2D eigenvalue weighted by Gasteiger charge is 2.12. The fourth-order valence-electron chi connectivity index (χ4n) is 2.21. The summed E-state index contributed by atoms with van der Waals surface area (Å²) in [7, 11) is 0. The van der Waals surface area contributed by atoms with Gasteiger partial charge in [0.25, 0.3) is 0 Å². The number of amides is 1. The van der Waals surface area contributed by atoms with Gasteiger partial charge >= 0.3 is 0 Å². The Bertz CT molecular complexity index is 955. The highest BCUT2D eigenvalue weighted by molar-refractivity contribution is 6.31. The van der Waals surface area contributed by atoms with Crippen molar-refractivity contribution in [2.45, 2.75) is 6.54 Å². The lowest BCUT2D eigenvalue weighted by molar-refractivity contribution is -0.116. The molecule has 0 spiro atoms. The van der Waals surface area contributed by atoms with E-state index < -0.39 is 11.7 Å². The summed E-state index contributed by atoms with van der Waals surface area (Å²) in [5.74, 6) is -1.17. The minimum absolute atomic E-state index is 0.00662. The molecule has 0 saturated heterocycles. The van der Waals surface area contributed by atoms with Gasteiger partial charge < -0.3 is 5.32 Å². The fourth-order valence-corrected chi connectivity index (χ4v) is 2.39. The van der Waals surface area contributed by atoms with Crippen LogP contribution in [0.15, 0.2) is 53.5 Å². The van der Waals surface area contributed by atoms with Crippen molar-refractivity contribution in [1.82, 2.24) is 9.78 Å². The number of carbonyl (C=O) groups is 1. The van der Waals surface area contributed by atoms with Crippen LogP contribution in [-0.2, 0) is 11.3 Å². The van der Waals surface area contributed by atoms with Crippen LogP contribution in [0.5, 0.6) is 0 Å². The predicted molar refractivity (Wildman–Crippen MR) is 86.0 cm³/mol. The average molecular weight is 332 g/mol. The Balaban J connectivity index is 1.88. The van der Waals surface area contributed by atoms with Crippen LogP contribution in [0.3, 0.4) is 0 Å². The molecule has 116 valence electrons. The summed E-state index contributed by atoms with van der Waals surface area (Å²) >= 11 is 5.67. The Labute approximate surface area is 135 Å². The monoisotopic (exact) mass is 331 g/mol. The first kappa shape index (κ1) is 15.2. The number of anilines is 1. The highest BCUT2D eigenvalue weighted by Crippen LogP contribution is 2.22. The molecule has 0 unspecified atom stereocenters. The van der Waals surface area contributed by atoms with Crippen LogP contribution in [0.4, 0.5) is 10.1 Å². The normalized spacial score (nSPS) is 10.7. The Morgan fingerprint density at radius 2 is 2.00 bits per heavy atom. The first-order chi connectivity index (χ1) is 11.1. The second-order valence-corrected chi connectivity index (χ2v) is 5.24. The van der Waals surface area contributed by atoms with Gasteiger partial charge in [-0.2, -0.15) is 5.10 Å². The maximum Gasteiger partial charge on any atom is 0.246 e. The minimum atomic E-state index is -0.694. The summed E-state index contributed by atoms with van der Waals surface area (Å²) in [5, 5.41) is 6.78. The summed E-state index contributed by atoms with van der Waals surface area (Å²) in [4.78, 5) is 23.9. The Kier molecular flexibility index (Phi) is 4.08. The SMILES string of the molecule is O=C(Cn1ncc(=O)c2ccccc21)Nc1cccc(Cl)c1F. The summed E-state index contributed by atoms with van der Waals surface area (Å²) in [6.45, 7) is -0.160. The van der Waals surface area contributed by atoms with E-state index in [0.717, 1.165) is 6.20 Å². The Hall–Kier alpha value is -2.73. The molecule has 0 aliphatic rings. The molecule has 3 rings (SSSR count). The minimum Gasteiger partial charge on any atom is -0.322 e. The Morgan fingerprint density at radius 3 is 2.83 bits per heavy atom. The third-order valence-electron chi connectivity index (χ3n) is 3.28. The van der Waals surface area contributed by atoms with Crippen molar-refractivity contribution < 1.29 is 9.18 Å². The molecular weight excluding hydrogens is 321 g/mol. The zero-order valence-electron chi connectivity index (χ0n) is 11.8. The van der Waals surface area contributed by atoms with E-state index in [2.05, 4.69) is 10.4 Å². The van der Waals surface area contributed by atoms with Crippen LogP contribution in [0.25, 0.3) is 10.9 Å². The van der Waals surface area contributed by atoms with E-state index in [1.54, 1.807) is 24.3 Å². The number of para-hydroxylation sites is 1. The third kappa shape index (κ3) is 3.07. The van der Waals surface area contributed by atoms with Gasteiger partial charge in [-0.05, 0) is 24.3 Å². The quantitative estimate of drug-likeness (QED) is 0.802. The van der Waals surface area contributed by atoms with E-state index in [1.165, 1.54) is 22.9 Å². The number of nitrogens with zero attached hydrogens (tertiary/aromatic N) is 2. The lowest BCUT2D eigenvalue weighted by Crippen LogP contribution is -2.22. The van der Waals surface area contributed by atoms with Gasteiger partial charge in [0.15, 0.2) is 5.82 Å². The number of nitrogens with one attached hydrogen (secondary N) is 1. The van der Waals surface area contributed by atoms with Crippen molar-refractivity contribution in [2.75, 3.05) is 5.32 Å². The van der Waals surface area contributed by atoms with Crippen LogP contribution < -0.4 is 10.7 Å². The molecule has 0 saturated carbocycles. The number of carbonyl (C=O) groups excluding carboxylic acids is 1. The Morgan fingerprint density at radius 1 is 1.22 bits per heavy atom. The molecular formula is C16H11ClFN3O2. The topological polar surface area (TPSA) is 64.0 Å². The number of hydrogen-bond donors (Lipinski definition) is 1. The van der Waals surface area contributed by atoms with Gasteiger partial charge in [0.05, 0.1) is 22.4 Å². The molecule has 0 radical (unpaired) electrons. The van der Waals surface area contributed by atoms with Crippen LogP contribution in [0.1, 0.15) is 0 Å². The van der Waals surface area contributed by atoms with Crippen molar-refractivity contribution in [1.29, 1.82) is 0 Å². The third-order valence-corrected chi connectivity index (χ3v) is 3.57. The zero-order chi connectivity index (χ0) is 16.4. The van der Waals surface area contributed by atoms with Crippen molar-refractivity contribution in [2.24, 2.45) is 0 Å². The first-order valence-electron chi connectivity index (χ1n) is 6.75. The van der Waals surface area contributed by atoms with Gasteiger partial charge in [0.1, 0.15) is 6.54 Å². The standard InChI is InChI=1S/C16H11ClFN3O2/c17-11-5-3-6-12(16(11)18)20-15(23)9-21-13-7-2-1-4-10(13)14(22)8-19-21/h1-8H,9H2,(H,20,23). The van der Waals surface area contributed by atoms with Crippen LogP contribution >= 0.6 is 11.6 Å². The number of aromatic nitrogens is 2. The molecule has 0 aliphatic heterocycles. The van der Waals surface area contributed by atoms with Crippen LogP contribution in [-0.4, -0.2) is 15.7 Å². The largest absolute Gasteiger partial charge is 0.322 e. The smallest absolute Gasteiger partial charge is 0.246 e. The average Bonchev–Trinajstić information content (AvgIpc) is 2.55. The molecule has 0 bridgehead atoms. The van der Waals surface area contributed by atoms with E-state index in [9.17, 15) is 14.0 Å². The van der Waals surface area contributed by atoms with Crippen LogP contribution in [0.2, 0.25) is 5.02 Å². The molecule has 1 heterocycles. The van der Waals surface area contributed by atoms with E-state index >= 15 is 0 Å². The molecule has 2 aromatic carbocycles. The number of rotatable bonds is 3. The van der Waals surface area contributed by atoms with E-state index in [0.29, 0.717) is 10.9 Å². The fraction of sp³-hybridized carbons (Fsp3) is 0.0625. The second kappa shape index (κ2) is 6.18. The lowest BCUT2D eigenvalue weighted by Gasteiger charge is -2.10. The molecule has 0 atom stereocenters. The molecule has 5 nitrogen and oxygen atoms in total. The number of hydrogen-bond acceptors (Lipinski definition) is 3. The molecule has 0 aliphatic carbocycles. The summed E-state index contributed by atoms with van der Waals surface area (Å²) < 4.78 is 15.2. The van der Waals surface area contributed by atoms with Gasteiger partial charge in [-0.15, -0.1) is 0 Å². The molecule has 7 heteroatoms. The summed E-state index contributed by atoms with van der Waals surface area (Å²) in [5.41, 5.74) is 0.299. The van der Waals surface area contributed by atoms with Gasteiger partial charge in [-0.1, -0.05) is 29.8 Å². The van der Waals surface area contributed by atoms with Crippen molar-refractivity contribution in [3.05, 3.63) is 69.7 Å². The number of halogens is 2. The van der Waals surface area contributed by atoms with Crippen molar-refractivity contribution in [3.63, 3.8) is 0 Å². The number of benzene rings is 2. The van der Waals surface area contributed by atoms with Gasteiger partial charge in [-0.25, -0.2) is 4.39 Å². The van der Waals surface area contributed by atoms with Gasteiger partial charge in [0.2, 0.25) is 11.3 Å². The summed E-state index contributed by atoms with van der Waals surface area (Å²) in [6.07, 6.45) is 1.15. The maximum absolute atomic E-state index is 13.8. The van der Waals surface area contributed by atoms with E-state index in [4.69, 9.17) is 11.6 Å². The van der Waals surface area contributed by atoms with E-state index in [-0.39, 0.29) is 22.7 Å². The van der Waals surface area contributed by atoms with Crippen LogP contribution in [0, 0.1) is 5.82 Å². The van der Waals surface area contributed by atoms with Crippen molar-refractivity contribution in [3.8, 4) is 0 Å². The molecule has 1 aromatic heterocycles. The molecule has 1 amide bonds. The summed E-state index contributed by atoms with van der Waals surface area (Å²) in [6, 6.07) is 11.2. The predicted octanol–water partition coefficient (Wildman–Crippen LogP) is 2.83. The zero-order valence-corrected chi connectivity index (χ0v) is 12.5. The number of fused-ring (bicyclic) bond motifs is 1. The molecule has 3 aromatic rings. The second-order valence-electron chi connectivity index (χ2n) is 4.83. The lowest BCUT2D eigenvalue weighted by atomic mass is 10.2. The molecule has 1 N–H and O–H groups in total. The molecule has 23 heavy (non-hydrogen) atoms. The molecule has 0 fully saturated rings. The van der Waals surface area contributed by atoms with E-state index in [1.807, 2.05) is 0 Å². The van der Waals surface area contributed by atoms with Crippen molar-refractivity contribution >= 4 is 34.1 Å². The van der Waals surface area contributed by atoms with Gasteiger partial charge in [0, 0.05) is 5.39 Å². The highest BCUT2D eigenvalue weighted by atomic mass is 35.5.